The molecule has 0 atom stereocenters. The van der Waals surface area contributed by atoms with Crippen LogP contribution in [0.5, 0.6) is 0 Å². The lowest BCUT2D eigenvalue weighted by Crippen LogP contribution is -2.38. The Kier molecular flexibility index (Phi) is 13.8. The van der Waals surface area contributed by atoms with Gasteiger partial charge >= 0.3 is 20.2 Å². The number of rotatable bonds is 18. The molecule has 0 bridgehead atoms. The average molecular weight is 729 g/mol. The highest BCUT2D eigenvalue weighted by Gasteiger charge is 2.24. The van der Waals surface area contributed by atoms with Gasteiger partial charge in [0.2, 0.25) is 5.91 Å². The van der Waals surface area contributed by atoms with Crippen molar-refractivity contribution in [2.75, 3.05) is 19.6 Å². The third-order valence-electron chi connectivity index (χ3n) is 10.0. The molecule has 1 amide bonds. The number of hydrogen-bond donors (Lipinski definition) is 6. The van der Waals surface area contributed by atoms with Gasteiger partial charge in [0, 0.05) is 51.4 Å². The van der Waals surface area contributed by atoms with Crippen molar-refractivity contribution in [2.24, 2.45) is 0 Å². The van der Waals surface area contributed by atoms with Crippen LogP contribution in [-0.2, 0) is 35.8 Å². The van der Waals surface area contributed by atoms with Crippen LogP contribution in [-0.4, -0.2) is 80.7 Å². The van der Waals surface area contributed by atoms with Crippen LogP contribution in [0.3, 0.4) is 0 Å². The van der Waals surface area contributed by atoms with Gasteiger partial charge in [-0.1, -0.05) is 103 Å². The van der Waals surface area contributed by atoms with E-state index in [2.05, 4.69) is 41.1 Å². The first-order valence-electron chi connectivity index (χ1n) is 18.3. The van der Waals surface area contributed by atoms with Crippen LogP contribution in [0.1, 0.15) is 53.1 Å². The molecule has 54 heavy (non-hydrogen) atoms. The van der Waals surface area contributed by atoms with Crippen molar-refractivity contribution >= 4 is 58.6 Å². The fourth-order valence-corrected chi connectivity index (χ4v) is 7.41. The molecule has 0 aliphatic rings. The number of benzene rings is 5. The zero-order valence-electron chi connectivity index (χ0n) is 31.3. The monoisotopic (exact) mass is 729 g/mol. The second-order valence-electron chi connectivity index (χ2n) is 14.0. The summed E-state index contributed by atoms with van der Waals surface area (Å²) in [5.41, 5.74) is 6.53. The summed E-state index contributed by atoms with van der Waals surface area (Å²) in [6.45, 7) is 12.1. The van der Waals surface area contributed by atoms with E-state index in [1.807, 2.05) is 79.4 Å². The van der Waals surface area contributed by atoms with Crippen molar-refractivity contribution < 1.29 is 34.8 Å². The van der Waals surface area contributed by atoms with Gasteiger partial charge in [0.25, 0.3) is 0 Å². The first-order valence-corrected chi connectivity index (χ1v) is 18.3. The molecule has 0 heterocycles. The average Bonchev–Trinajstić information content (AvgIpc) is 3.12. The number of carboxylic acids is 1. The SMILES string of the molecule is C=C(C)C(=O)NCCCN(Cc1cccc(C)c1B(O)O)Cc1c2ccccc2c(CN(CCC(=O)O)Cc2cccc(C)c2B(O)O)c2ccccc12. The lowest BCUT2D eigenvalue weighted by molar-refractivity contribution is -0.137. The maximum absolute atomic E-state index is 12.2. The van der Waals surface area contributed by atoms with Gasteiger partial charge in [0.1, 0.15) is 0 Å². The van der Waals surface area contributed by atoms with Crippen molar-refractivity contribution in [1.29, 1.82) is 0 Å². The summed E-state index contributed by atoms with van der Waals surface area (Å²) in [6.07, 6.45) is 0.569. The smallest absolute Gasteiger partial charge is 0.481 e. The van der Waals surface area contributed by atoms with Crippen LogP contribution in [0.4, 0.5) is 0 Å². The van der Waals surface area contributed by atoms with Gasteiger partial charge in [-0.05, 0) is 81.9 Å². The van der Waals surface area contributed by atoms with Gasteiger partial charge in [-0.15, -0.1) is 0 Å². The Balaban J connectivity index is 1.58. The summed E-state index contributed by atoms with van der Waals surface area (Å²) in [5.74, 6) is -1.11. The number of nitrogens with one attached hydrogen (secondary N) is 1. The second kappa shape index (κ2) is 18.5. The van der Waals surface area contributed by atoms with Gasteiger partial charge < -0.3 is 30.5 Å². The van der Waals surface area contributed by atoms with E-state index in [4.69, 9.17) is 0 Å². The molecular formula is C42H49B2N3O7. The molecule has 5 rings (SSSR count). The Bertz CT molecular complexity index is 2080. The van der Waals surface area contributed by atoms with E-state index < -0.39 is 20.2 Å². The molecule has 12 heteroatoms. The number of carbonyl (C=O) groups excluding carboxylic acids is 1. The summed E-state index contributed by atoms with van der Waals surface area (Å²) < 4.78 is 0. The highest BCUT2D eigenvalue weighted by Crippen LogP contribution is 2.35. The molecule has 0 aliphatic heterocycles. The third-order valence-corrected chi connectivity index (χ3v) is 10.0. The Morgan fingerprint density at radius 2 is 1.07 bits per heavy atom. The minimum atomic E-state index is -1.66. The third kappa shape index (κ3) is 9.83. The van der Waals surface area contributed by atoms with Gasteiger partial charge in [0.15, 0.2) is 0 Å². The predicted molar refractivity (Wildman–Crippen MR) is 216 cm³/mol. The van der Waals surface area contributed by atoms with Crippen molar-refractivity contribution in [1.82, 2.24) is 15.1 Å². The lowest BCUT2D eigenvalue weighted by Gasteiger charge is -2.28. The van der Waals surface area contributed by atoms with Crippen LogP contribution >= 0.6 is 0 Å². The van der Waals surface area contributed by atoms with Crippen LogP contribution in [0.25, 0.3) is 21.5 Å². The van der Waals surface area contributed by atoms with Crippen LogP contribution < -0.4 is 16.2 Å². The molecule has 0 saturated carbocycles. The molecular weight excluding hydrogens is 680 g/mol. The maximum Gasteiger partial charge on any atom is 0.489 e. The predicted octanol–water partition coefficient (Wildman–Crippen LogP) is 3.53. The Labute approximate surface area is 317 Å². The minimum Gasteiger partial charge on any atom is -0.481 e. The van der Waals surface area contributed by atoms with E-state index in [1.165, 1.54) is 0 Å². The number of amides is 1. The van der Waals surface area contributed by atoms with E-state index >= 15 is 0 Å². The zero-order chi connectivity index (χ0) is 38.9. The first kappa shape index (κ1) is 40.4. The van der Waals surface area contributed by atoms with Crippen LogP contribution in [0.15, 0.2) is 97.1 Å². The van der Waals surface area contributed by atoms with Crippen LogP contribution in [0.2, 0.25) is 0 Å². The molecule has 0 spiro atoms. The molecule has 280 valence electrons. The second-order valence-corrected chi connectivity index (χ2v) is 14.0. The van der Waals surface area contributed by atoms with Crippen molar-refractivity contribution in [2.45, 2.75) is 59.8 Å². The normalized spacial score (nSPS) is 11.4. The fourth-order valence-electron chi connectivity index (χ4n) is 7.41. The lowest BCUT2D eigenvalue weighted by atomic mass is 9.74. The molecule has 6 N–H and O–H groups in total. The molecule has 0 radical (unpaired) electrons. The van der Waals surface area contributed by atoms with E-state index in [-0.39, 0.29) is 18.9 Å². The summed E-state index contributed by atoms with van der Waals surface area (Å²) in [5, 5.41) is 57.9. The van der Waals surface area contributed by atoms with Gasteiger partial charge in [-0.3, -0.25) is 19.4 Å². The minimum absolute atomic E-state index is 0.0813. The molecule has 5 aromatic carbocycles. The standard InChI is InChI=1S/C42H49B2N3O7/c1-28(2)42(50)45-21-11-22-46(24-31-14-9-12-29(3)40(31)43(51)52)26-37-33-16-5-7-18-35(33)38(36-19-8-6-17-34(36)37)27-47(23-20-39(48)49)25-32-15-10-13-30(4)41(32)44(53)54/h5-10,12-19,51-54H,1,11,20-27H2,2-4H3,(H,45,50)(H,48,49). The molecule has 0 aromatic heterocycles. The van der Waals surface area contributed by atoms with Crippen molar-refractivity contribution in [3.8, 4) is 0 Å². The zero-order valence-corrected chi connectivity index (χ0v) is 31.3. The number of aliphatic carboxylic acids is 1. The quantitative estimate of drug-likeness (QED) is 0.0344. The molecule has 0 saturated heterocycles. The molecule has 0 unspecified atom stereocenters. The number of aryl methyl sites for hydroxylation is 2. The molecule has 5 aromatic rings. The Morgan fingerprint density at radius 1 is 0.648 bits per heavy atom. The number of carboxylic acid groups (broad SMARTS) is 1. The van der Waals surface area contributed by atoms with Crippen molar-refractivity contribution in [3.63, 3.8) is 0 Å². The summed E-state index contributed by atoms with van der Waals surface area (Å²) in [7, 11) is -3.29. The highest BCUT2D eigenvalue weighted by molar-refractivity contribution is 6.60. The Morgan fingerprint density at radius 3 is 1.46 bits per heavy atom. The molecule has 0 fully saturated rings. The van der Waals surface area contributed by atoms with Crippen molar-refractivity contribution in [3.05, 3.63) is 130 Å². The van der Waals surface area contributed by atoms with Crippen LogP contribution in [0, 0.1) is 13.8 Å². The molecule has 0 aliphatic carbocycles. The van der Waals surface area contributed by atoms with E-state index in [1.54, 1.807) is 6.92 Å². The largest absolute Gasteiger partial charge is 0.489 e. The maximum atomic E-state index is 12.2. The summed E-state index contributed by atoms with van der Waals surface area (Å²) >= 11 is 0. The fraction of sp³-hybridized carbons (Fsp3) is 0.286. The Hall–Kier alpha value is -4.81. The van der Waals surface area contributed by atoms with E-state index in [0.29, 0.717) is 62.2 Å². The first-order chi connectivity index (χ1) is 25.8. The van der Waals surface area contributed by atoms with E-state index in [0.717, 1.165) is 54.9 Å². The molecule has 10 nitrogen and oxygen atoms in total. The van der Waals surface area contributed by atoms with Gasteiger partial charge in [0.05, 0.1) is 6.42 Å². The summed E-state index contributed by atoms with van der Waals surface area (Å²) in [4.78, 5) is 28.4. The van der Waals surface area contributed by atoms with Gasteiger partial charge in [-0.25, -0.2) is 0 Å². The number of nitrogens with zero attached hydrogens (tertiary/aromatic N) is 2. The number of fused-ring (bicyclic) bond motifs is 2. The highest BCUT2D eigenvalue weighted by atomic mass is 16.4. The summed E-state index contributed by atoms with van der Waals surface area (Å²) in [6, 6.07) is 27.6. The topological polar surface area (TPSA) is 154 Å². The van der Waals surface area contributed by atoms with E-state index in [9.17, 15) is 34.8 Å². The van der Waals surface area contributed by atoms with Gasteiger partial charge in [-0.2, -0.15) is 0 Å². The number of carbonyl (C=O) groups is 2. The number of hydrogen-bond acceptors (Lipinski definition) is 8.